The van der Waals surface area contributed by atoms with Crippen LogP contribution in [-0.4, -0.2) is 54.3 Å². The Morgan fingerprint density at radius 3 is 2.55 bits per heavy atom. The molecule has 0 unspecified atom stereocenters. The number of nitrogens with zero attached hydrogens (tertiary/aromatic N) is 3. The van der Waals surface area contributed by atoms with Crippen LogP contribution in [-0.2, 0) is 0 Å². The molecular formula is C23H26N4O2. The minimum atomic E-state index is -0.0146. The number of para-hydroxylation sites is 1. The van der Waals surface area contributed by atoms with Crippen LogP contribution in [0.3, 0.4) is 0 Å². The Hall–Kier alpha value is -3.28. The maximum Gasteiger partial charge on any atom is 0.272 e. The molecule has 1 saturated heterocycles. The van der Waals surface area contributed by atoms with Gasteiger partial charge in [0.25, 0.3) is 5.91 Å². The Kier molecular flexibility index (Phi) is 5.25. The average Bonchev–Trinajstić information content (AvgIpc) is 3.25. The van der Waals surface area contributed by atoms with E-state index in [2.05, 4.69) is 47.1 Å². The summed E-state index contributed by atoms with van der Waals surface area (Å²) >= 11 is 0. The summed E-state index contributed by atoms with van der Waals surface area (Å²) < 4.78 is 5.40. The first-order valence-corrected chi connectivity index (χ1v) is 9.87. The van der Waals surface area contributed by atoms with Crippen LogP contribution in [0, 0.1) is 13.8 Å². The van der Waals surface area contributed by atoms with Crippen molar-refractivity contribution in [1.82, 2.24) is 15.1 Å². The van der Waals surface area contributed by atoms with Gasteiger partial charge >= 0.3 is 0 Å². The fraction of sp³-hybridized carbons (Fsp3) is 0.304. The van der Waals surface area contributed by atoms with Gasteiger partial charge in [-0.1, -0.05) is 24.3 Å². The molecule has 150 valence electrons. The number of aryl methyl sites for hydroxylation is 2. The number of methoxy groups -OCH3 is 1. The van der Waals surface area contributed by atoms with Crippen molar-refractivity contribution in [2.45, 2.75) is 13.8 Å². The number of amides is 1. The fourth-order valence-corrected chi connectivity index (χ4v) is 3.81. The first kappa shape index (κ1) is 19.1. The molecule has 6 nitrogen and oxygen atoms in total. The lowest BCUT2D eigenvalue weighted by Gasteiger charge is -2.36. The number of rotatable bonds is 4. The van der Waals surface area contributed by atoms with Gasteiger partial charge in [-0.2, -0.15) is 5.10 Å². The number of aromatic nitrogens is 2. The van der Waals surface area contributed by atoms with Crippen molar-refractivity contribution in [3.05, 3.63) is 65.4 Å². The van der Waals surface area contributed by atoms with E-state index >= 15 is 0 Å². The van der Waals surface area contributed by atoms with Gasteiger partial charge in [0, 0.05) is 37.4 Å². The molecule has 1 aliphatic heterocycles. The molecule has 1 N–H and O–H groups in total. The number of carbonyl (C=O) groups excluding carboxylic acids is 1. The predicted octanol–water partition coefficient (Wildman–Crippen LogP) is 3.66. The number of anilines is 1. The third-order valence-electron chi connectivity index (χ3n) is 5.46. The van der Waals surface area contributed by atoms with Crippen molar-refractivity contribution in [2.24, 2.45) is 0 Å². The Morgan fingerprint density at radius 1 is 1.03 bits per heavy atom. The molecule has 1 aliphatic rings. The molecule has 1 aromatic heterocycles. The highest BCUT2D eigenvalue weighted by atomic mass is 16.5. The van der Waals surface area contributed by atoms with Gasteiger partial charge in [-0.3, -0.25) is 9.89 Å². The lowest BCUT2D eigenvalue weighted by Crippen LogP contribution is -2.49. The number of ether oxygens (including phenoxy) is 1. The van der Waals surface area contributed by atoms with E-state index in [1.165, 1.54) is 16.8 Å². The number of hydrogen-bond acceptors (Lipinski definition) is 4. The first-order valence-electron chi connectivity index (χ1n) is 9.87. The second kappa shape index (κ2) is 7.99. The van der Waals surface area contributed by atoms with Crippen molar-refractivity contribution < 1.29 is 9.53 Å². The first-order chi connectivity index (χ1) is 14.1. The van der Waals surface area contributed by atoms with Gasteiger partial charge in [0.15, 0.2) is 0 Å². The van der Waals surface area contributed by atoms with Gasteiger partial charge in [0.05, 0.1) is 12.8 Å². The van der Waals surface area contributed by atoms with E-state index in [0.29, 0.717) is 24.5 Å². The minimum absolute atomic E-state index is 0.0146. The molecule has 2 heterocycles. The molecular weight excluding hydrogens is 364 g/mol. The zero-order chi connectivity index (χ0) is 20.4. The summed E-state index contributed by atoms with van der Waals surface area (Å²) in [6.45, 7) is 7.27. The molecule has 0 spiro atoms. The normalized spacial score (nSPS) is 14.2. The van der Waals surface area contributed by atoms with E-state index in [-0.39, 0.29) is 5.91 Å². The predicted molar refractivity (Wildman–Crippen MR) is 115 cm³/mol. The van der Waals surface area contributed by atoms with Crippen LogP contribution < -0.4 is 9.64 Å². The average molecular weight is 390 g/mol. The second-order valence-corrected chi connectivity index (χ2v) is 7.44. The van der Waals surface area contributed by atoms with Crippen LogP contribution in [0.25, 0.3) is 11.3 Å². The van der Waals surface area contributed by atoms with Crippen LogP contribution in [0.15, 0.2) is 48.5 Å². The van der Waals surface area contributed by atoms with Crippen LogP contribution >= 0.6 is 0 Å². The Bertz CT molecular complexity index is 1020. The molecule has 0 bridgehead atoms. The van der Waals surface area contributed by atoms with Crippen LogP contribution in [0.2, 0.25) is 0 Å². The largest absolute Gasteiger partial charge is 0.496 e. The molecule has 6 heteroatoms. The maximum absolute atomic E-state index is 13.0. The molecule has 0 saturated carbocycles. The molecule has 0 atom stereocenters. The monoisotopic (exact) mass is 390 g/mol. The molecule has 29 heavy (non-hydrogen) atoms. The van der Waals surface area contributed by atoms with E-state index in [9.17, 15) is 4.79 Å². The van der Waals surface area contributed by atoms with E-state index in [1.54, 1.807) is 13.2 Å². The summed E-state index contributed by atoms with van der Waals surface area (Å²) in [6.07, 6.45) is 0. The number of nitrogens with one attached hydrogen (secondary N) is 1. The van der Waals surface area contributed by atoms with Crippen molar-refractivity contribution in [1.29, 1.82) is 0 Å². The number of benzene rings is 2. The summed E-state index contributed by atoms with van der Waals surface area (Å²) in [5.41, 5.74) is 5.86. The topological polar surface area (TPSA) is 61.5 Å². The Morgan fingerprint density at radius 2 is 1.79 bits per heavy atom. The lowest BCUT2D eigenvalue weighted by molar-refractivity contribution is 0.0741. The summed E-state index contributed by atoms with van der Waals surface area (Å²) in [4.78, 5) is 17.2. The molecule has 1 amide bonds. The van der Waals surface area contributed by atoms with Crippen molar-refractivity contribution >= 4 is 11.6 Å². The van der Waals surface area contributed by atoms with Gasteiger partial charge in [-0.05, 0) is 49.2 Å². The van der Waals surface area contributed by atoms with Crippen molar-refractivity contribution in [3.63, 3.8) is 0 Å². The van der Waals surface area contributed by atoms with Gasteiger partial charge in [0.2, 0.25) is 0 Å². The van der Waals surface area contributed by atoms with Gasteiger partial charge in [0.1, 0.15) is 11.4 Å². The highest BCUT2D eigenvalue weighted by Crippen LogP contribution is 2.29. The van der Waals surface area contributed by atoms with E-state index in [1.807, 2.05) is 29.2 Å². The standard InChI is InChI=1S/C23H26N4O2/c1-16-8-9-17(2)21(14-16)26-10-12-27(13-11-26)23(28)20-15-19(24-25-20)18-6-4-5-7-22(18)29-3/h4-9,14-15H,10-13H2,1-3H3,(H,24,25). The zero-order valence-corrected chi connectivity index (χ0v) is 17.1. The molecule has 1 fully saturated rings. The SMILES string of the molecule is COc1ccccc1-c1cc(C(=O)N2CCN(c3cc(C)ccc3C)CC2)[nH]n1. The summed E-state index contributed by atoms with van der Waals surface area (Å²) in [5.74, 6) is 0.722. The van der Waals surface area contributed by atoms with Gasteiger partial charge in [-0.25, -0.2) is 0 Å². The maximum atomic E-state index is 13.0. The van der Waals surface area contributed by atoms with Gasteiger partial charge in [-0.15, -0.1) is 0 Å². The Labute approximate surface area is 171 Å². The van der Waals surface area contributed by atoms with Crippen LogP contribution in [0.1, 0.15) is 21.6 Å². The molecule has 3 aromatic rings. The minimum Gasteiger partial charge on any atom is -0.496 e. The number of H-pyrrole nitrogens is 1. The van der Waals surface area contributed by atoms with Crippen LogP contribution in [0.4, 0.5) is 5.69 Å². The van der Waals surface area contributed by atoms with Crippen molar-refractivity contribution in [3.8, 4) is 17.0 Å². The number of piperazine rings is 1. The molecule has 2 aromatic carbocycles. The lowest BCUT2D eigenvalue weighted by atomic mass is 10.1. The highest BCUT2D eigenvalue weighted by Gasteiger charge is 2.24. The molecule has 4 rings (SSSR count). The number of carbonyl (C=O) groups is 1. The van der Waals surface area contributed by atoms with Gasteiger partial charge < -0.3 is 14.5 Å². The zero-order valence-electron chi connectivity index (χ0n) is 17.1. The summed E-state index contributed by atoms with van der Waals surface area (Å²) in [5, 5.41) is 7.23. The summed E-state index contributed by atoms with van der Waals surface area (Å²) in [7, 11) is 1.63. The van der Waals surface area contributed by atoms with E-state index in [4.69, 9.17) is 4.74 Å². The van der Waals surface area contributed by atoms with Crippen LogP contribution in [0.5, 0.6) is 5.75 Å². The quantitative estimate of drug-likeness (QED) is 0.738. The highest BCUT2D eigenvalue weighted by molar-refractivity contribution is 5.93. The van der Waals surface area contributed by atoms with E-state index in [0.717, 1.165) is 24.4 Å². The second-order valence-electron chi connectivity index (χ2n) is 7.44. The summed E-state index contributed by atoms with van der Waals surface area (Å²) in [6, 6.07) is 16.0. The number of aromatic amines is 1. The smallest absolute Gasteiger partial charge is 0.272 e. The third-order valence-corrected chi connectivity index (χ3v) is 5.46. The molecule has 0 radical (unpaired) electrons. The Balaban J connectivity index is 1.45. The van der Waals surface area contributed by atoms with E-state index < -0.39 is 0 Å². The molecule has 0 aliphatic carbocycles. The van der Waals surface area contributed by atoms with Crippen molar-refractivity contribution in [2.75, 3.05) is 38.2 Å². The number of hydrogen-bond donors (Lipinski definition) is 1. The fourth-order valence-electron chi connectivity index (χ4n) is 3.81. The third kappa shape index (κ3) is 3.83.